The quantitative estimate of drug-likeness (QED) is 0.129. The molecule has 1 unspecified atom stereocenters. The van der Waals surface area contributed by atoms with Gasteiger partial charge in [0.25, 0.3) is 0 Å². The minimum atomic E-state index is 0.168. The molecule has 0 bridgehead atoms. The van der Waals surface area contributed by atoms with Crippen molar-refractivity contribution < 1.29 is 0 Å². The molecule has 2 heteroatoms. The summed E-state index contributed by atoms with van der Waals surface area (Å²) in [7, 11) is 0. The molecule has 1 aliphatic rings. The van der Waals surface area contributed by atoms with Crippen molar-refractivity contribution in [1.82, 2.24) is 0 Å². The van der Waals surface area contributed by atoms with Crippen molar-refractivity contribution in [2.24, 2.45) is 0 Å². The third-order valence-corrected chi connectivity index (χ3v) is 11.9. The number of rotatable bonds is 11. The second-order valence-electron chi connectivity index (χ2n) is 15.7. The number of nitrogens with zero attached hydrogens (tertiary/aromatic N) is 2. The number of para-hydroxylation sites is 2. The molecule has 2 nitrogen and oxygen atoms in total. The van der Waals surface area contributed by atoms with Gasteiger partial charge in [0.15, 0.2) is 0 Å². The first-order chi connectivity index (χ1) is 30.8. The van der Waals surface area contributed by atoms with E-state index in [2.05, 4.69) is 271 Å². The van der Waals surface area contributed by atoms with E-state index in [4.69, 9.17) is 0 Å². The van der Waals surface area contributed by atoms with Crippen LogP contribution in [0.3, 0.4) is 0 Å². The summed E-state index contributed by atoms with van der Waals surface area (Å²) >= 11 is 0. The average Bonchev–Trinajstić information content (AvgIpc) is 3.36. The van der Waals surface area contributed by atoms with Crippen molar-refractivity contribution in [3.8, 4) is 33.4 Å². The molecule has 62 heavy (non-hydrogen) atoms. The summed E-state index contributed by atoms with van der Waals surface area (Å²) in [4.78, 5) is 4.71. The van der Waals surface area contributed by atoms with E-state index in [0.717, 1.165) is 40.5 Å². The van der Waals surface area contributed by atoms with E-state index in [9.17, 15) is 0 Å². The standard InChI is InChI=1S/C60H46N2/c1-6-18-45(19-7-1)47-30-36-53(37-31-47)61(51-24-12-4-13-25-51)54-40-34-50(35-41-54)57-28-16-17-29-58(57)59-43-42-56(44-60(59)49-22-10-3-11-23-49)62(52-26-14-5-15-27-52)55-38-32-48(33-39-55)46-20-8-2-9-21-46/h1-28,30-44,58H,29H2. The van der Waals surface area contributed by atoms with E-state index in [1.54, 1.807) is 0 Å². The number of anilines is 6. The van der Waals surface area contributed by atoms with Gasteiger partial charge in [-0.25, -0.2) is 0 Å². The lowest BCUT2D eigenvalue weighted by atomic mass is 9.78. The number of benzene rings is 9. The first-order valence-corrected chi connectivity index (χ1v) is 21.4. The smallest absolute Gasteiger partial charge is 0.0467 e. The van der Waals surface area contributed by atoms with Gasteiger partial charge in [-0.1, -0.05) is 188 Å². The van der Waals surface area contributed by atoms with Crippen LogP contribution in [0.5, 0.6) is 0 Å². The molecule has 0 saturated heterocycles. The Labute approximate surface area is 365 Å². The molecule has 0 N–H and O–H groups in total. The van der Waals surface area contributed by atoms with Crippen molar-refractivity contribution in [2.45, 2.75) is 12.3 Å². The SMILES string of the molecule is C1=CCC(c2ccc(N(c3ccccc3)c3ccc(-c4ccccc4)cc3)cc2-c2ccccc2)C(c2ccc(N(c3ccccc3)c3ccc(-c4ccccc4)cc3)cc2)=C1. The van der Waals surface area contributed by atoms with Crippen LogP contribution in [0, 0.1) is 0 Å². The van der Waals surface area contributed by atoms with Gasteiger partial charge in [-0.15, -0.1) is 0 Å². The number of hydrogen-bond acceptors (Lipinski definition) is 2. The molecule has 0 aromatic heterocycles. The summed E-state index contributed by atoms with van der Waals surface area (Å²) < 4.78 is 0. The third-order valence-electron chi connectivity index (χ3n) is 11.9. The summed E-state index contributed by atoms with van der Waals surface area (Å²) in [5, 5.41) is 0. The maximum absolute atomic E-state index is 2.39. The van der Waals surface area contributed by atoms with Crippen LogP contribution in [-0.4, -0.2) is 0 Å². The van der Waals surface area contributed by atoms with Crippen molar-refractivity contribution in [3.63, 3.8) is 0 Å². The van der Waals surface area contributed by atoms with Gasteiger partial charge in [-0.05, 0) is 129 Å². The zero-order valence-corrected chi connectivity index (χ0v) is 34.5. The van der Waals surface area contributed by atoms with Gasteiger partial charge in [0.1, 0.15) is 0 Å². The highest BCUT2D eigenvalue weighted by Crippen LogP contribution is 2.46. The molecule has 296 valence electrons. The predicted octanol–water partition coefficient (Wildman–Crippen LogP) is 16.8. The lowest BCUT2D eigenvalue weighted by Gasteiger charge is -2.30. The molecule has 0 aliphatic heterocycles. The molecule has 10 rings (SSSR count). The molecular formula is C60H46N2. The molecule has 1 atom stereocenters. The molecule has 9 aromatic rings. The molecule has 0 spiro atoms. The van der Waals surface area contributed by atoms with Gasteiger partial charge in [0.05, 0.1) is 0 Å². The Morgan fingerprint density at radius 2 is 0.661 bits per heavy atom. The van der Waals surface area contributed by atoms with Crippen LogP contribution in [-0.2, 0) is 0 Å². The van der Waals surface area contributed by atoms with Crippen LogP contribution < -0.4 is 9.80 Å². The van der Waals surface area contributed by atoms with E-state index in [-0.39, 0.29) is 5.92 Å². The van der Waals surface area contributed by atoms with Crippen LogP contribution in [0.15, 0.2) is 261 Å². The van der Waals surface area contributed by atoms with Crippen LogP contribution in [0.1, 0.15) is 23.5 Å². The Morgan fingerprint density at radius 3 is 1.13 bits per heavy atom. The van der Waals surface area contributed by atoms with Crippen molar-refractivity contribution in [3.05, 3.63) is 272 Å². The zero-order chi connectivity index (χ0) is 41.5. The number of allylic oxidation sites excluding steroid dienone is 4. The van der Waals surface area contributed by atoms with Crippen molar-refractivity contribution >= 4 is 39.7 Å². The monoisotopic (exact) mass is 794 g/mol. The molecule has 0 radical (unpaired) electrons. The molecule has 0 heterocycles. The fourth-order valence-electron chi connectivity index (χ4n) is 8.79. The highest BCUT2D eigenvalue weighted by molar-refractivity contribution is 5.86. The maximum atomic E-state index is 2.39. The lowest BCUT2D eigenvalue weighted by molar-refractivity contribution is 0.876. The maximum Gasteiger partial charge on any atom is 0.0467 e. The second kappa shape index (κ2) is 17.7. The molecule has 1 aliphatic carbocycles. The van der Waals surface area contributed by atoms with Gasteiger partial charge in [-0.2, -0.15) is 0 Å². The van der Waals surface area contributed by atoms with Gasteiger partial charge < -0.3 is 9.80 Å². The van der Waals surface area contributed by atoms with Crippen molar-refractivity contribution in [1.29, 1.82) is 0 Å². The highest BCUT2D eigenvalue weighted by atomic mass is 15.1. The van der Waals surface area contributed by atoms with Gasteiger partial charge in [-0.3, -0.25) is 0 Å². The van der Waals surface area contributed by atoms with Crippen molar-refractivity contribution in [2.75, 3.05) is 9.80 Å². The van der Waals surface area contributed by atoms with Gasteiger partial charge in [0, 0.05) is 40.0 Å². The van der Waals surface area contributed by atoms with Gasteiger partial charge >= 0.3 is 0 Å². The van der Waals surface area contributed by atoms with Crippen LogP contribution in [0.4, 0.5) is 34.1 Å². The molecular weight excluding hydrogens is 749 g/mol. The Hall–Kier alpha value is -7.94. The Kier molecular flexibility index (Phi) is 10.9. The van der Waals surface area contributed by atoms with Crippen LogP contribution in [0.25, 0.3) is 39.0 Å². The van der Waals surface area contributed by atoms with E-state index < -0.39 is 0 Å². The third kappa shape index (κ3) is 8.02. The second-order valence-corrected chi connectivity index (χ2v) is 15.7. The number of hydrogen-bond donors (Lipinski definition) is 0. The first-order valence-electron chi connectivity index (χ1n) is 21.4. The highest BCUT2D eigenvalue weighted by Gasteiger charge is 2.25. The average molecular weight is 795 g/mol. The van der Waals surface area contributed by atoms with Gasteiger partial charge in [0.2, 0.25) is 0 Å². The molecule has 9 aromatic carbocycles. The minimum absolute atomic E-state index is 0.168. The molecule has 0 amide bonds. The summed E-state index contributed by atoms with van der Waals surface area (Å²) in [6.07, 6.45) is 7.76. The summed E-state index contributed by atoms with van der Waals surface area (Å²) in [5.74, 6) is 0.168. The van der Waals surface area contributed by atoms with Crippen LogP contribution >= 0.6 is 0 Å². The fraction of sp³-hybridized carbons (Fsp3) is 0.0333. The van der Waals surface area contributed by atoms with E-state index in [1.165, 1.54) is 50.1 Å². The Morgan fingerprint density at radius 1 is 0.306 bits per heavy atom. The lowest BCUT2D eigenvalue weighted by Crippen LogP contribution is -2.12. The summed E-state index contributed by atoms with van der Waals surface area (Å²) in [5.41, 5.74) is 17.8. The first kappa shape index (κ1) is 38.3. The topological polar surface area (TPSA) is 6.48 Å². The normalized spacial score (nSPS) is 13.3. The summed E-state index contributed by atoms with van der Waals surface area (Å²) in [6.45, 7) is 0. The fourth-order valence-corrected chi connectivity index (χ4v) is 8.79. The Balaban J connectivity index is 1.01. The zero-order valence-electron chi connectivity index (χ0n) is 34.5. The van der Waals surface area contributed by atoms with E-state index >= 15 is 0 Å². The van der Waals surface area contributed by atoms with E-state index in [1.807, 2.05) is 0 Å². The predicted molar refractivity (Wildman–Crippen MR) is 263 cm³/mol. The van der Waals surface area contributed by atoms with E-state index in [0.29, 0.717) is 0 Å². The Bertz CT molecular complexity index is 2920. The molecule has 0 fully saturated rings. The largest absolute Gasteiger partial charge is 0.311 e. The summed E-state index contributed by atoms with van der Waals surface area (Å²) in [6, 6.07) is 87.4. The van der Waals surface area contributed by atoms with Crippen LogP contribution in [0.2, 0.25) is 0 Å². The minimum Gasteiger partial charge on any atom is -0.311 e. The molecule has 0 saturated carbocycles.